The highest BCUT2D eigenvalue weighted by Crippen LogP contribution is 2.26. The Morgan fingerprint density at radius 1 is 1.23 bits per heavy atom. The van der Waals surface area contributed by atoms with Gasteiger partial charge in [-0.05, 0) is 42.3 Å². The third kappa shape index (κ3) is 3.99. The number of hydrogen-bond acceptors (Lipinski definition) is 4. The number of methoxy groups -OCH3 is 1. The van der Waals surface area contributed by atoms with Crippen LogP contribution in [0.25, 0.3) is 10.9 Å². The largest absolute Gasteiger partial charge is 0.493 e. The third-order valence-corrected chi connectivity index (χ3v) is 4.21. The second-order valence-corrected chi connectivity index (χ2v) is 6.96. The van der Waals surface area contributed by atoms with E-state index >= 15 is 0 Å². The zero-order chi connectivity index (χ0) is 18.7. The fraction of sp³-hybridized carbons (Fsp3) is 0.300. The highest BCUT2D eigenvalue weighted by Gasteiger charge is 2.12. The molecule has 0 aliphatic carbocycles. The molecule has 26 heavy (non-hydrogen) atoms. The van der Waals surface area contributed by atoms with Crippen molar-refractivity contribution in [1.82, 2.24) is 9.78 Å². The third-order valence-electron chi connectivity index (χ3n) is 3.98. The molecule has 2 aromatic carbocycles. The molecule has 0 spiro atoms. The smallest absolute Gasteiger partial charge is 0.337 e. The van der Waals surface area contributed by atoms with E-state index in [2.05, 4.69) is 18.9 Å². The molecule has 0 fully saturated rings. The summed E-state index contributed by atoms with van der Waals surface area (Å²) in [6.45, 7) is 5.37. The zero-order valence-electron chi connectivity index (χ0n) is 15.0. The maximum atomic E-state index is 11.7. The number of nitrogens with zero attached hydrogens (tertiary/aromatic N) is 2. The summed E-state index contributed by atoms with van der Waals surface area (Å²) in [7, 11) is 1.37. The Kier molecular flexibility index (Phi) is 5.47. The number of esters is 1. The highest BCUT2D eigenvalue weighted by atomic mass is 35.5. The van der Waals surface area contributed by atoms with Gasteiger partial charge in [0.2, 0.25) is 0 Å². The van der Waals surface area contributed by atoms with Gasteiger partial charge in [-0.3, -0.25) is 4.68 Å². The molecule has 0 aliphatic heterocycles. The zero-order valence-corrected chi connectivity index (χ0v) is 15.8. The Morgan fingerprint density at radius 2 is 2.04 bits per heavy atom. The van der Waals surface area contributed by atoms with Crippen LogP contribution in [0.4, 0.5) is 0 Å². The summed E-state index contributed by atoms with van der Waals surface area (Å²) in [5.74, 6) is 0.873. The predicted molar refractivity (Wildman–Crippen MR) is 102 cm³/mol. The van der Waals surface area contributed by atoms with Gasteiger partial charge in [-0.15, -0.1) is 0 Å². The van der Waals surface area contributed by atoms with Crippen molar-refractivity contribution in [3.05, 3.63) is 58.7 Å². The van der Waals surface area contributed by atoms with Gasteiger partial charge < -0.3 is 9.47 Å². The van der Waals surface area contributed by atoms with E-state index in [9.17, 15) is 4.79 Å². The van der Waals surface area contributed by atoms with Gasteiger partial charge in [0.15, 0.2) is 0 Å². The number of benzene rings is 2. The number of halogens is 1. The molecule has 0 unspecified atom stereocenters. The molecule has 3 aromatic rings. The number of rotatable bonds is 6. The Morgan fingerprint density at radius 3 is 2.77 bits per heavy atom. The van der Waals surface area contributed by atoms with Crippen molar-refractivity contribution >= 4 is 28.5 Å². The molecular formula is C20H21ClN2O3. The van der Waals surface area contributed by atoms with Gasteiger partial charge in [0.1, 0.15) is 5.75 Å². The lowest BCUT2D eigenvalue weighted by Crippen LogP contribution is -2.08. The van der Waals surface area contributed by atoms with Crippen LogP contribution >= 0.6 is 11.6 Å². The maximum Gasteiger partial charge on any atom is 0.337 e. The lowest BCUT2D eigenvalue weighted by atomic mass is 10.1. The van der Waals surface area contributed by atoms with Crippen LogP contribution < -0.4 is 4.74 Å². The number of ether oxygens (including phenoxy) is 2. The van der Waals surface area contributed by atoms with E-state index in [1.807, 2.05) is 28.9 Å². The molecule has 1 heterocycles. The van der Waals surface area contributed by atoms with E-state index in [1.165, 1.54) is 7.11 Å². The summed E-state index contributed by atoms with van der Waals surface area (Å²) in [5, 5.41) is 5.98. The van der Waals surface area contributed by atoms with Crippen LogP contribution in [0.15, 0.2) is 42.6 Å². The number of hydrogen-bond donors (Lipinski definition) is 0. The standard InChI is InChI=1S/C20H21ClN2O3/c1-13(2)12-26-19-7-5-17(21)9-16(19)11-23-18-6-4-14(20(24)25-3)8-15(18)10-22-23/h4-10,13H,11-12H2,1-3H3. The van der Waals surface area contributed by atoms with Gasteiger partial charge in [-0.1, -0.05) is 25.4 Å². The number of fused-ring (bicyclic) bond motifs is 1. The molecule has 0 radical (unpaired) electrons. The van der Waals surface area contributed by atoms with Crippen LogP contribution in [0.3, 0.4) is 0 Å². The van der Waals surface area contributed by atoms with Crippen LogP contribution in [-0.4, -0.2) is 29.5 Å². The minimum Gasteiger partial charge on any atom is -0.493 e. The second kappa shape index (κ2) is 7.79. The minimum absolute atomic E-state index is 0.362. The molecule has 136 valence electrons. The second-order valence-electron chi connectivity index (χ2n) is 6.52. The summed E-state index contributed by atoms with van der Waals surface area (Å²) >= 11 is 6.17. The lowest BCUT2D eigenvalue weighted by molar-refractivity contribution is 0.0601. The monoisotopic (exact) mass is 372 g/mol. The molecule has 0 aliphatic rings. The normalized spacial score (nSPS) is 11.1. The van der Waals surface area contributed by atoms with Crippen molar-refractivity contribution in [3.8, 4) is 5.75 Å². The molecule has 0 N–H and O–H groups in total. The molecule has 0 atom stereocenters. The van der Waals surface area contributed by atoms with Crippen LogP contribution in [-0.2, 0) is 11.3 Å². The van der Waals surface area contributed by atoms with Gasteiger partial charge in [0.25, 0.3) is 0 Å². The summed E-state index contributed by atoms with van der Waals surface area (Å²) in [4.78, 5) is 11.7. The Balaban J connectivity index is 1.91. The van der Waals surface area contributed by atoms with Crippen LogP contribution in [0.5, 0.6) is 5.75 Å². The fourth-order valence-corrected chi connectivity index (χ4v) is 2.88. The topological polar surface area (TPSA) is 53.3 Å². The summed E-state index contributed by atoms with van der Waals surface area (Å²) < 4.78 is 12.5. The van der Waals surface area contributed by atoms with E-state index in [1.54, 1.807) is 18.3 Å². The maximum absolute atomic E-state index is 11.7. The fourth-order valence-electron chi connectivity index (χ4n) is 2.69. The Bertz CT molecular complexity index is 934. The molecule has 0 saturated heterocycles. The molecule has 3 rings (SSSR count). The van der Waals surface area contributed by atoms with Gasteiger partial charge >= 0.3 is 5.97 Å². The first-order valence-electron chi connectivity index (χ1n) is 8.43. The van der Waals surface area contributed by atoms with E-state index in [0.717, 1.165) is 22.2 Å². The number of carbonyl (C=O) groups excluding carboxylic acids is 1. The number of carbonyl (C=O) groups is 1. The molecule has 0 bridgehead atoms. The van der Waals surface area contributed by atoms with E-state index < -0.39 is 0 Å². The van der Waals surface area contributed by atoms with E-state index in [0.29, 0.717) is 29.7 Å². The van der Waals surface area contributed by atoms with Crippen molar-refractivity contribution in [3.63, 3.8) is 0 Å². The molecule has 1 aromatic heterocycles. The van der Waals surface area contributed by atoms with E-state index in [4.69, 9.17) is 21.1 Å². The summed E-state index contributed by atoms with van der Waals surface area (Å²) in [5.41, 5.74) is 2.39. The summed E-state index contributed by atoms with van der Waals surface area (Å²) in [6, 6.07) is 11.0. The van der Waals surface area contributed by atoms with E-state index in [-0.39, 0.29) is 5.97 Å². The average molecular weight is 373 g/mol. The molecule has 6 heteroatoms. The molecule has 5 nitrogen and oxygen atoms in total. The molecular weight excluding hydrogens is 352 g/mol. The first kappa shape index (κ1) is 18.3. The summed E-state index contributed by atoms with van der Waals surface area (Å²) in [6.07, 6.45) is 1.74. The first-order valence-corrected chi connectivity index (χ1v) is 8.81. The van der Waals surface area contributed by atoms with Crippen molar-refractivity contribution < 1.29 is 14.3 Å². The van der Waals surface area contributed by atoms with Gasteiger partial charge in [0.05, 0.1) is 37.5 Å². The van der Waals surface area contributed by atoms with Gasteiger partial charge in [-0.25, -0.2) is 4.79 Å². The van der Waals surface area contributed by atoms with Crippen molar-refractivity contribution in [2.45, 2.75) is 20.4 Å². The lowest BCUT2D eigenvalue weighted by Gasteiger charge is -2.14. The molecule has 0 amide bonds. The highest BCUT2D eigenvalue weighted by molar-refractivity contribution is 6.30. The number of aromatic nitrogens is 2. The van der Waals surface area contributed by atoms with Crippen molar-refractivity contribution in [1.29, 1.82) is 0 Å². The quantitative estimate of drug-likeness (QED) is 0.595. The SMILES string of the molecule is COC(=O)c1ccc2c(cnn2Cc2cc(Cl)ccc2OCC(C)C)c1. The van der Waals surface area contributed by atoms with Crippen LogP contribution in [0, 0.1) is 5.92 Å². The average Bonchev–Trinajstić information content (AvgIpc) is 3.02. The molecule has 0 saturated carbocycles. The van der Waals surface area contributed by atoms with Crippen molar-refractivity contribution in [2.24, 2.45) is 5.92 Å². The Labute approximate surface area is 157 Å². The first-order chi connectivity index (χ1) is 12.5. The van der Waals surface area contributed by atoms with Gasteiger partial charge in [-0.2, -0.15) is 5.10 Å². The van der Waals surface area contributed by atoms with Crippen molar-refractivity contribution in [2.75, 3.05) is 13.7 Å². The van der Waals surface area contributed by atoms with Crippen LogP contribution in [0.2, 0.25) is 5.02 Å². The minimum atomic E-state index is -0.362. The predicted octanol–water partition coefficient (Wildman–Crippen LogP) is 4.56. The Hall–Kier alpha value is -2.53. The van der Waals surface area contributed by atoms with Crippen LogP contribution in [0.1, 0.15) is 29.8 Å². The van der Waals surface area contributed by atoms with Gasteiger partial charge in [0, 0.05) is 16.0 Å².